The first kappa shape index (κ1) is 19.7. The van der Waals surface area contributed by atoms with Crippen LogP contribution in [0, 0.1) is 0 Å². The molecule has 0 heterocycles. The zero-order chi connectivity index (χ0) is 18.9. The third kappa shape index (κ3) is 6.01. The van der Waals surface area contributed by atoms with Gasteiger partial charge in [-0.1, -0.05) is 42.5 Å². The van der Waals surface area contributed by atoms with Gasteiger partial charge in [-0.3, -0.25) is 9.59 Å². The first-order chi connectivity index (χ1) is 12.5. The minimum atomic E-state index is -0.444. The number of esters is 1. The molecule has 1 atom stereocenters. The summed E-state index contributed by atoms with van der Waals surface area (Å²) in [4.78, 5) is 24.3. The van der Waals surface area contributed by atoms with Crippen molar-refractivity contribution in [2.24, 2.45) is 0 Å². The van der Waals surface area contributed by atoms with Crippen LogP contribution in [0.15, 0.2) is 54.6 Å². The van der Waals surface area contributed by atoms with Crippen LogP contribution in [0.4, 0.5) is 0 Å². The first-order valence-electron chi connectivity index (χ1n) is 8.62. The topological polar surface area (TPSA) is 64.6 Å². The Morgan fingerprint density at radius 1 is 1.00 bits per heavy atom. The smallest absolute Gasteiger partial charge is 0.307 e. The summed E-state index contributed by atoms with van der Waals surface area (Å²) < 4.78 is 10.3. The van der Waals surface area contributed by atoms with Gasteiger partial charge < -0.3 is 14.8 Å². The molecular weight excluding hydrogens is 330 g/mol. The van der Waals surface area contributed by atoms with Crippen molar-refractivity contribution in [1.82, 2.24) is 5.32 Å². The molecule has 0 saturated heterocycles. The molecule has 5 nitrogen and oxygen atoms in total. The van der Waals surface area contributed by atoms with Gasteiger partial charge in [0.2, 0.25) is 0 Å². The molecular formula is C21H25NO4. The van der Waals surface area contributed by atoms with E-state index in [0.29, 0.717) is 12.2 Å². The summed E-state index contributed by atoms with van der Waals surface area (Å²) in [5.41, 5.74) is 2.39. The highest BCUT2D eigenvalue weighted by Gasteiger charge is 2.19. The lowest BCUT2D eigenvalue weighted by molar-refractivity contribution is -0.141. The van der Waals surface area contributed by atoms with E-state index in [4.69, 9.17) is 9.47 Å². The lowest BCUT2D eigenvalue weighted by Gasteiger charge is -2.18. The predicted octanol–water partition coefficient (Wildman–Crippen LogP) is 3.65. The first-order valence-corrected chi connectivity index (χ1v) is 8.62. The van der Waals surface area contributed by atoms with Gasteiger partial charge in [-0.05, 0) is 37.1 Å². The summed E-state index contributed by atoms with van der Waals surface area (Å²) >= 11 is 0. The van der Waals surface area contributed by atoms with Gasteiger partial charge >= 0.3 is 5.97 Å². The minimum Gasteiger partial charge on any atom is -0.469 e. The van der Waals surface area contributed by atoms with E-state index in [1.807, 2.05) is 56.3 Å². The number of carbonyl (C=O) groups is 2. The molecule has 2 aromatic carbocycles. The van der Waals surface area contributed by atoms with Crippen molar-refractivity contribution in [2.45, 2.75) is 39.0 Å². The Balaban J connectivity index is 2.07. The second kappa shape index (κ2) is 9.73. The number of amides is 1. The second-order valence-electron chi connectivity index (χ2n) is 6.27. The maximum atomic E-state index is 12.6. The molecule has 1 N–H and O–H groups in total. The molecule has 2 rings (SSSR count). The van der Waals surface area contributed by atoms with Crippen molar-refractivity contribution < 1.29 is 19.1 Å². The maximum Gasteiger partial charge on any atom is 0.307 e. The Bertz CT molecular complexity index is 711. The van der Waals surface area contributed by atoms with E-state index < -0.39 is 6.04 Å². The molecule has 138 valence electrons. The van der Waals surface area contributed by atoms with Crippen LogP contribution in [-0.4, -0.2) is 25.1 Å². The van der Waals surface area contributed by atoms with E-state index >= 15 is 0 Å². The Morgan fingerprint density at radius 3 is 2.23 bits per heavy atom. The van der Waals surface area contributed by atoms with Gasteiger partial charge in [0.1, 0.15) is 0 Å². The summed E-state index contributed by atoms with van der Waals surface area (Å²) in [6, 6.07) is 16.2. The van der Waals surface area contributed by atoms with E-state index in [1.165, 1.54) is 7.11 Å². The van der Waals surface area contributed by atoms with E-state index in [2.05, 4.69) is 5.32 Å². The van der Waals surface area contributed by atoms with E-state index in [1.54, 1.807) is 12.1 Å². The number of nitrogens with one attached hydrogen (secondary N) is 1. The Hall–Kier alpha value is -2.66. The second-order valence-corrected chi connectivity index (χ2v) is 6.27. The van der Waals surface area contributed by atoms with Gasteiger partial charge in [0.05, 0.1) is 32.3 Å². The van der Waals surface area contributed by atoms with Crippen LogP contribution >= 0.6 is 0 Å². The molecule has 0 aliphatic rings. The number of hydrogen-bond donors (Lipinski definition) is 1. The molecule has 0 spiro atoms. The van der Waals surface area contributed by atoms with Crippen LogP contribution in [0.25, 0.3) is 0 Å². The largest absolute Gasteiger partial charge is 0.469 e. The lowest BCUT2D eigenvalue weighted by atomic mass is 10.0. The maximum absolute atomic E-state index is 12.6. The lowest BCUT2D eigenvalue weighted by Crippen LogP contribution is -2.30. The van der Waals surface area contributed by atoms with Gasteiger partial charge in [-0.15, -0.1) is 0 Å². The Morgan fingerprint density at radius 2 is 1.65 bits per heavy atom. The summed E-state index contributed by atoms with van der Waals surface area (Å²) in [5, 5.41) is 2.91. The molecule has 26 heavy (non-hydrogen) atoms. The van der Waals surface area contributed by atoms with Crippen molar-refractivity contribution >= 4 is 11.9 Å². The molecule has 5 heteroatoms. The zero-order valence-corrected chi connectivity index (χ0v) is 15.4. The third-order valence-electron chi connectivity index (χ3n) is 3.91. The quantitative estimate of drug-likeness (QED) is 0.734. The van der Waals surface area contributed by atoms with Crippen molar-refractivity contribution in [2.75, 3.05) is 7.11 Å². The highest BCUT2D eigenvalue weighted by molar-refractivity contribution is 5.94. The highest BCUT2D eigenvalue weighted by Crippen LogP contribution is 2.18. The fourth-order valence-electron chi connectivity index (χ4n) is 2.44. The van der Waals surface area contributed by atoms with Crippen LogP contribution in [0.5, 0.6) is 0 Å². The van der Waals surface area contributed by atoms with Crippen molar-refractivity contribution in [3.05, 3.63) is 71.3 Å². The third-order valence-corrected chi connectivity index (χ3v) is 3.91. The minimum absolute atomic E-state index is 0.0760. The Labute approximate surface area is 154 Å². The standard InChI is InChI=1S/C21H25NO4/c1-15(2)26-14-16-9-11-18(12-10-16)21(24)22-19(13-20(23)25-3)17-7-5-4-6-8-17/h4-12,15,19H,13-14H2,1-3H3,(H,22,24). The molecule has 0 fully saturated rings. The molecule has 1 amide bonds. The number of hydrogen-bond acceptors (Lipinski definition) is 4. The molecule has 0 aliphatic carbocycles. The molecule has 0 radical (unpaired) electrons. The van der Waals surface area contributed by atoms with Crippen molar-refractivity contribution in [1.29, 1.82) is 0 Å². The van der Waals surface area contributed by atoms with Crippen LogP contribution in [0.2, 0.25) is 0 Å². The number of benzene rings is 2. The fourth-order valence-corrected chi connectivity index (χ4v) is 2.44. The molecule has 0 bridgehead atoms. The highest BCUT2D eigenvalue weighted by atomic mass is 16.5. The van der Waals surface area contributed by atoms with Crippen LogP contribution in [0.1, 0.15) is 47.8 Å². The molecule has 0 aromatic heterocycles. The average molecular weight is 355 g/mol. The van der Waals surface area contributed by atoms with Gasteiger partial charge in [0.15, 0.2) is 0 Å². The summed E-state index contributed by atoms with van der Waals surface area (Å²) in [6.07, 6.45) is 0.231. The monoisotopic (exact) mass is 355 g/mol. The molecule has 1 unspecified atom stereocenters. The molecule has 0 aliphatic heterocycles. The molecule has 2 aromatic rings. The van der Waals surface area contributed by atoms with Crippen molar-refractivity contribution in [3.8, 4) is 0 Å². The number of ether oxygens (including phenoxy) is 2. The van der Waals surface area contributed by atoms with E-state index in [9.17, 15) is 9.59 Å². The van der Waals surface area contributed by atoms with Crippen LogP contribution in [-0.2, 0) is 20.9 Å². The number of methoxy groups -OCH3 is 1. The van der Waals surface area contributed by atoms with Crippen LogP contribution < -0.4 is 5.32 Å². The summed E-state index contributed by atoms with van der Waals surface area (Å²) in [6.45, 7) is 4.47. The normalized spacial score (nSPS) is 11.8. The van der Waals surface area contributed by atoms with Gasteiger partial charge in [0.25, 0.3) is 5.91 Å². The number of carbonyl (C=O) groups excluding carboxylic acids is 2. The van der Waals surface area contributed by atoms with Crippen LogP contribution in [0.3, 0.4) is 0 Å². The van der Waals surface area contributed by atoms with Gasteiger partial charge in [0, 0.05) is 5.56 Å². The van der Waals surface area contributed by atoms with Crippen molar-refractivity contribution in [3.63, 3.8) is 0 Å². The van der Waals surface area contributed by atoms with E-state index in [-0.39, 0.29) is 24.4 Å². The number of rotatable bonds is 8. The Kier molecular flexibility index (Phi) is 7.36. The zero-order valence-electron chi connectivity index (χ0n) is 15.4. The molecule has 0 saturated carbocycles. The summed E-state index contributed by atoms with van der Waals surface area (Å²) in [7, 11) is 1.34. The van der Waals surface area contributed by atoms with Gasteiger partial charge in [-0.2, -0.15) is 0 Å². The SMILES string of the molecule is COC(=O)CC(NC(=O)c1ccc(COC(C)C)cc1)c1ccccc1. The van der Waals surface area contributed by atoms with E-state index in [0.717, 1.165) is 11.1 Å². The summed E-state index contributed by atoms with van der Waals surface area (Å²) in [5.74, 6) is -0.612. The predicted molar refractivity (Wildman–Crippen MR) is 99.6 cm³/mol. The fraction of sp³-hybridized carbons (Fsp3) is 0.333. The van der Waals surface area contributed by atoms with Gasteiger partial charge in [-0.25, -0.2) is 0 Å². The average Bonchev–Trinajstić information content (AvgIpc) is 2.66.